The van der Waals surface area contributed by atoms with E-state index in [1.165, 1.54) is 35.0 Å². The molecule has 9 nitrogen and oxygen atoms in total. The number of hydrogen-bond donors (Lipinski definition) is 1. The summed E-state index contributed by atoms with van der Waals surface area (Å²) in [6.07, 6.45) is 1.33. The van der Waals surface area contributed by atoms with Gasteiger partial charge in [-0.25, -0.2) is 26.1 Å². The zero-order chi connectivity index (χ0) is 21.9. The Morgan fingerprint density at radius 2 is 1.67 bits per heavy atom. The summed E-state index contributed by atoms with van der Waals surface area (Å²) >= 11 is 0. The second-order valence-electron chi connectivity index (χ2n) is 7.34. The molecule has 2 aromatic rings. The van der Waals surface area contributed by atoms with Crippen LogP contribution in [0.1, 0.15) is 5.56 Å². The first kappa shape index (κ1) is 22.6. The standard InChI is InChI=1S/C19H27N5O4S2/c1-22(2)30(27,28)18-7-5-4-6-16(18)14-20-19-9-8-17(15-21-19)29(25,26)24-12-10-23(3)11-13-24/h4-9,15H,10-14H2,1-3H3,(H,20,21). The third-order valence-corrected chi connectivity index (χ3v) is 8.83. The van der Waals surface area contributed by atoms with E-state index in [9.17, 15) is 16.8 Å². The molecule has 1 aliphatic heterocycles. The second-order valence-corrected chi connectivity index (χ2v) is 11.4. The number of pyridine rings is 1. The van der Waals surface area contributed by atoms with Gasteiger partial charge in [-0.1, -0.05) is 18.2 Å². The number of hydrogen-bond acceptors (Lipinski definition) is 7. The van der Waals surface area contributed by atoms with E-state index in [-0.39, 0.29) is 16.3 Å². The molecule has 1 aliphatic rings. The highest BCUT2D eigenvalue weighted by Crippen LogP contribution is 2.21. The van der Waals surface area contributed by atoms with E-state index in [1.807, 2.05) is 7.05 Å². The van der Waals surface area contributed by atoms with Gasteiger partial charge in [-0.2, -0.15) is 4.31 Å². The molecule has 0 spiro atoms. The van der Waals surface area contributed by atoms with E-state index in [0.29, 0.717) is 37.6 Å². The molecule has 1 aromatic heterocycles. The minimum absolute atomic E-state index is 0.146. The van der Waals surface area contributed by atoms with Gasteiger partial charge in [0.1, 0.15) is 10.7 Å². The topological polar surface area (TPSA) is 103 Å². The number of piperazine rings is 1. The first-order chi connectivity index (χ1) is 14.1. The molecule has 2 heterocycles. The molecule has 164 valence electrons. The number of sulfonamides is 2. The van der Waals surface area contributed by atoms with Gasteiger partial charge in [-0.3, -0.25) is 0 Å². The highest BCUT2D eigenvalue weighted by atomic mass is 32.2. The molecule has 0 radical (unpaired) electrons. The predicted octanol–water partition coefficient (Wildman–Crippen LogP) is 0.880. The van der Waals surface area contributed by atoms with Gasteiger partial charge >= 0.3 is 0 Å². The molecule has 0 atom stereocenters. The molecule has 1 saturated heterocycles. The Kier molecular flexibility index (Phi) is 6.78. The van der Waals surface area contributed by atoms with Crippen molar-refractivity contribution in [1.82, 2.24) is 18.5 Å². The Labute approximate surface area is 178 Å². The molecule has 0 saturated carbocycles. The normalized spacial score (nSPS) is 16.7. The summed E-state index contributed by atoms with van der Waals surface area (Å²) in [7, 11) is -2.20. The molecule has 1 aromatic carbocycles. The van der Waals surface area contributed by atoms with Crippen LogP contribution in [0.3, 0.4) is 0 Å². The number of likely N-dealkylation sites (N-methyl/N-ethyl adjacent to an activating group) is 1. The van der Waals surface area contributed by atoms with E-state index in [0.717, 1.165) is 0 Å². The van der Waals surface area contributed by atoms with Crippen LogP contribution >= 0.6 is 0 Å². The summed E-state index contributed by atoms with van der Waals surface area (Å²) in [6.45, 7) is 2.54. The van der Waals surface area contributed by atoms with Crippen molar-refractivity contribution in [2.45, 2.75) is 16.3 Å². The van der Waals surface area contributed by atoms with Crippen LogP contribution in [0.15, 0.2) is 52.4 Å². The first-order valence-electron chi connectivity index (χ1n) is 9.51. The Bertz CT molecular complexity index is 1080. The molecule has 30 heavy (non-hydrogen) atoms. The lowest BCUT2D eigenvalue weighted by molar-refractivity contribution is 0.222. The van der Waals surface area contributed by atoms with Gasteiger partial charge in [-0.15, -0.1) is 0 Å². The van der Waals surface area contributed by atoms with Crippen molar-refractivity contribution >= 4 is 25.9 Å². The lowest BCUT2D eigenvalue weighted by atomic mass is 10.2. The van der Waals surface area contributed by atoms with Crippen LogP contribution in [0.2, 0.25) is 0 Å². The molecule has 3 rings (SSSR count). The van der Waals surface area contributed by atoms with E-state index in [1.54, 1.807) is 30.3 Å². The smallest absolute Gasteiger partial charge is 0.244 e. The van der Waals surface area contributed by atoms with Crippen LogP contribution in [-0.2, 0) is 26.6 Å². The molecule has 0 amide bonds. The maximum absolute atomic E-state index is 12.8. The average molecular weight is 454 g/mol. The van der Waals surface area contributed by atoms with Gasteiger partial charge in [0, 0.05) is 53.0 Å². The minimum atomic E-state index is -3.57. The van der Waals surface area contributed by atoms with Crippen molar-refractivity contribution in [3.05, 3.63) is 48.2 Å². The van der Waals surface area contributed by atoms with Crippen molar-refractivity contribution in [3.8, 4) is 0 Å². The summed E-state index contributed by atoms with van der Waals surface area (Å²) in [4.78, 5) is 6.66. The van der Waals surface area contributed by atoms with Crippen LogP contribution in [-0.4, -0.2) is 82.7 Å². The molecule has 1 fully saturated rings. The highest BCUT2D eigenvalue weighted by Gasteiger charge is 2.27. The average Bonchev–Trinajstić information content (AvgIpc) is 2.73. The summed E-state index contributed by atoms with van der Waals surface area (Å²) in [6, 6.07) is 9.85. The number of aromatic nitrogens is 1. The van der Waals surface area contributed by atoms with Gasteiger partial charge in [0.05, 0.1) is 4.90 Å². The maximum atomic E-state index is 12.8. The van der Waals surface area contributed by atoms with E-state index < -0.39 is 20.0 Å². The van der Waals surface area contributed by atoms with Gasteiger partial charge in [-0.05, 0) is 30.8 Å². The number of rotatable bonds is 7. The number of anilines is 1. The van der Waals surface area contributed by atoms with Crippen molar-refractivity contribution < 1.29 is 16.8 Å². The van der Waals surface area contributed by atoms with Crippen molar-refractivity contribution in [1.29, 1.82) is 0 Å². The summed E-state index contributed by atoms with van der Waals surface area (Å²) in [5.41, 5.74) is 0.599. The van der Waals surface area contributed by atoms with Crippen molar-refractivity contribution in [2.24, 2.45) is 0 Å². The van der Waals surface area contributed by atoms with Crippen LogP contribution < -0.4 is 5.32 Å². The summed E-state index contributed by atoms with van der Waals surface area (Å²) in [5, 5.41) is 3.07. The van der Waals surface area contributed by atoms with E-state index >= 15 is 0 Å². The minimum Gasteiger partial charge on any atom is -0.366 e. The SMILES string of the molecule is CN1CCN(S(=O)(=O)c2ccc(NCc3ccccc3S(=O)(=O)N(C)C)nc2)CC1. The Morgan fingerprint density at radius 1 is 1.00 bits per heavy atom. The fourth-order valence-corrected chi connectivity index (χ4v) is 5.58. The molecule has 0 unspecified atom stereocenters. The second kappa shape index (κ2) is 8.98. The number of nitrogens with zero attached hydrogens (tertiary/aromatic N) is 4. The molecular formula is C19H27N5O4S2. The molecule has 0 bridgehead atoms. The van der Waals surface area contributed by atoms with Crippen molar-refractivity contribution in [3.63, 3.8) is 0 Å². The Morgan fingerprint density at radius 3 is 2.27 bits per heavy atom. The molecule has 11 heteroatoms. The van der Waals surface area contributed by atoms with Crippen LogP contribution in [0.25, 0.3) is 0 Å². The quantitative estimate of drug-likeness (QED) is 0.664. The lowest BCUT2D eigenvalue weighted by Gasteiger charge is -2.31. The maximum Gasteiger partial charge on any atom is 0.244 e. The van der Waals surface area contributed by atoms with Crippen LogP contribution in [0.4, 0.5) is 5.82 Å². The van der Waals surface area contributed by atoms with Crippen LogP contribution in [0, 0.1) is 0 Å². The van der Waals surface area contributed by atoms with Gasteiger partial charge in [0.15, 0.2) is 0 Å². The zero-order valence-electron chi connectivity index (χ0n) is 17.3. The van der Waals surface area contributed by atoms with E-state index in [2.05, 4.69) is 15.2 Å². The van der Waals surface area contributed by atoms with Crippen molar-refractivity contribution in [2.75, 3.05) is 52.6 Å². The predicted molar refractivity (Wildman–Crippen MR) is 115 cm³/mol. The first-order valence-corrected chi connectivity index (χ1v) is 12.4. The fourth-order valence-electron chi connectivity index (χ4n) is 3.10. The largest absolute Gasteiger partial charge is 0.366 e. The van der Waals surface area contributed by atoms with Gasteiger partial charge in [0.2, 0.25) is 20.0 Å². The summed E-state index contributed by atoms with van der Waals surface area (Å²) in [5.74, 6) is 0.462. The Hall–Kier alpha value is -2.05. The fraction of sp³-hybridized carbons (Fsp3) is 0.421. The third-order valence-electron chi connectivity index (χ3n) is 5.03. The number of nitrogens with one attached hydrogen (secondary N) is 1. The molecular weight excluding hydrogens is 426 g/mol. The lowest BCUT2D eigenvalue weighted by Crippen LogP contribution is -2.47. The summed E-state index contributed by atoms with van der Waals surface area (Å²) < 4.78 is 53.2. The van der Waals surface area contributed by atoms with Crippen LogP contribution in [0.5, 0.6) is 0 Å². The van der Waals surface area contributed by atoms with Gasteiger partial charge < -0.3 is 10.2 Å². The molecule has 0 aliphatic carbocycles. The zero-order valence-corrected chi connectivity index (χ0v) is 18.9. The monoisotopic (exact) mass is 453 g/mol. The third kappa shape index (κ3) is 4.81. The molecule has 1 N–H and O–H groups in total. The highest BCUT2D eigenvalue weighted by molar-refractivity contribution is 7.89. The van der Waals surface area contributed by atoms with E-state index in [4.69, 9.17) is 0 Å². The Balaban J connectivity index is 1.72. The number of benzene rings is 1. The van der Waals surface area contributed by atoms with Gasteiger partial charge in [0.25, 0.3) is 0 Å².